The maximum absolute atomic E-state index is 11.8. The maximum Gasteiger partial charge on any atom is 0.233 e. The van der Waals surface area contributed by atoms with Gasteiger partial charge in [0.1, 0.15) is 0 Å². The first-order chi connectivity index (χ1) is 10.6. The van der Waals surface area contributed by atoms with E-state index in [0.717, 1.165) is 24.6 Å². The summed E-state index contributed by atoms with van der Waals surface area (Å²) in [6.45, 7) is 1.18. The summed E-state index contributed by atoms with van der Waals surface area (Å²) in [6.07, 6.45) is 3.25. The summed E-state index contributed by atoms with van der Waals surface area (Å²) in [7, 11) is -2.94. The van der Waals surface area contributed by atoms with Crippen molar-refractivity contribution in [3.8, 4) is 0 Å². The van der Waals surface area contributed by atoms with E-state index in [-0.39, 0.29) is 0 Å². The summed E-state index contributed by atoms with van der Waals surface area (Å²) in [5, 5.41) is 1.10. The third-order valence-corrected chi connectivity index (χ3v) is 4.45. The molecule has 0 saturated heterocycles. The summed E-state index contributed by atoms with van der Waals surface area (Å²) >= 11 is 0. The van der Waals surface area contributed by atoms with Gasteiger partial charge in [-0.1, -0.05) is 12.1 Å². The van der Waals surface area contributed by atoms with E-state index in [1.165, 1.54) is 6.08 Å². The van der Waals surface area contributed by atoms with Gasteiger partial charge < -0.3 is 4.90 Å². The van der Waals surface area contributed by atoms with Crippen LogP contribution in [0, 0.1) is 0 Å². The molecule has 23 heavy (non-hydrogen) atoms. The van der Waals surface area contributed by atoms with Crippen LogP contribution in [0.1, 0.15) is 12.0 Å². The van der Waals surface area contributed by atoms with Crippen molar-refractivity contribution in [2.75, 3.05) is 38.2 Å². The normalized spacial score (nSPS) is 12.9. The van der Waals surface area contributed by atoms with Crippen LogP contribution in [0.25, 0.3) is 6.08 Å². The van der Waals surface area contributed by atoms with Crippen molar-refractivity contribution in [3.05, 3.63) is 35.2 Å². The highest BCUT2D eigenvalue weighted by Crippen LogP contribution is 2.12. The van der Waals surface area contributed by atoms with Crippen LogP contribution in [0.5, 0.6) is 0 Å². The lowest BCUT2D eigenvalue weighted by Crippen LogP contribution is -2.25. The highest BCUT2D eigenvalue weighted by atomic mass is 32.2. The van der Waals surface area contributed by atoms with E-state index in [0.29, 0.717) is 17.8 Å². The van der Waals surface area contributed by atoms with Crippen LogP contribution in [0.3, 0.4) is 0 Å². The van der Waals surface area contributed by atoms with Crippen molar-refractivity contribution in [2.45, 2.75) is 6.42 Å². The molecule has 9 heteroatoms. The third kappa shape index (κ3) is 9.34. The molecule has 0 heterocycles. The van der Waals surface area contributed by atoms with Crippen molar-refractivity contribution < 1.29 is 16.8 Å². The van der Waals surface area contributed by atoms with Gasteiger partial charge in [-0.3, -0.25) is 4.72 Å². The van der Waals surface area contributed by atoms with Crippen LogP contribution in [0.15, 0.2) is 29.7 Å². The number of rotatable bonds is 9. The Morgan fingerprint density at radius 2 is 1.70 bits per heavy atom. The molecule has 1 aromatic carbocycles. The van der Waals surface area contributed by atoms with Gasteiger partial charge in [0, 0.05) is 17.6 Å². The molecule has 0 aliphatic carbocycles. The maximum atomic E-state index is 11.8. The van der Waals surface area contributed by atoms with Crippen molar-refractivity contribution >= 4 is 31.8 Å². The zero-order chi connectivity index (χ0) is 17.5. The van der Waals surface area contributed by atoms with E-state index < -0.39 is 20.0 Å². The molecule has 1 aromatic rings. The summed E-state index contributed by atoms with van der Waals surface area (Å²) in [5.74, 6) is 0. The van der Waals surface area contributed by atoms with Gasteiger partial charge in [0.25, 0.3) is 0 Å². The van der Waals surface area contributed by atoms with E-state index in [9.17, 15) is 16.8 Å². The van der Waals surface area contributed by atoms with Gasteiger partial charge in [0.15, 0.2) is 0 Å². The first kappa shape index (κ1) is 19.6. The summed E-state index contributed by atoms with van der Waals surface area (Å²) in [6, 6.07) is 6.40. The zero-order valence-corrected chi connectivity index (χ0v) is 15.1. The topological polar surface area (TPSA) is 95.6 Å². The van der Waals surface area contributed by atoms with Gasteiger partial charge in [-0.2, -0.15) is 0 Å². The Balaban J connectivity index is 2.58. The lowest BCUT2D eigenvalue weighted by molar-refractivity contribution is 0.400. The lowest BCUT2D eigenvalue weighted by atomic mass is 10.2. The van der Waals surface area contributed by atoms with Crippen LogP contribution in [-0.4, -0.2) is 55.2 Å². The van der Waals surface area contributed by atoms with Gasteiger partial charge >= 0.3 is 0 Å². The Bertz CT molecular complexity index is 724. The molecular formula is C14H23N3O4S2. The number of benzene rings is 1. The molecule has 0 radical (unpaired) electrons. The summed E-state index contributed by atoms with van der Waals surface area (Å²) in [4.78, 5) is 1.98. The third-order valence-electron chi connectivity index (χ3n) is 2.74. The molecule has 130 valence electrons. The molecule has 0 unspecified atom stereocenters. The minimum Gasteiger partial charge on any atom is -0.309 e. The van der Waals surface area contributed by atoms with Gasteiger partial charge in [-0.25, -0.2) is 21.6 Å². The molecule has 0 bridgehead atoms. The summed E-state index contributed by atoms with van der Waals surface area (Å²) < 4.78 is 50.6. The van der Waals surface area contributed by atoms with Gasteiger partial charge in [-0.15, -0.1) is 0 Å². The molecule has 0 amide bonds. The molecule has 0 fully saturated rings. The molecule has 0 saturated carbocycles. The highest BCUT2D eigenvalue weighted by molar-refractivity contribution is 7.92. The monoisotopic (exact) mass is 361 g/mol. The van der Waals surface area contributed by atoms with Crippen molar-refractivity contribution in [3.63, 3.8) is 0 Å². The second-order valence-corrected chi connectivity index (χ2v) is 8.79. The standard InChI is InChI=1S/C14H23N3O4S2/c1-17(2)11-4-10-15-23(20,21)12-9-13-5-7-14(8-6-13)16-22(3,18)19/h5-9,12,15-16H,4,10-11H2,1-3H3/b12-9+. The first-order valence-electron chi connectivity index (χ1n) is 6.98. The Morgan fingerprint density at radius 1 is 1.09 bits per heavy atom. The average molecular weight is 361 g/mol. The Kier molecular flexibility index (Phi) is 7.20. The quantitative estimate of drug-likeness (QED) is 0.637. The number of hydrogen-bond acceptors (Lipinski definition) is 5. The fourth-order valence-corrected chi connectivity index (χ4v) is 3.13. The van der Waals surface area contributed by atoms with Gasteiger partial charge in [0.2, 0.25) is 20.0 Å². The molecule has 0 atom stereocenters. The lowest BCUT2D eigenvalue weighted by Gasteiger charge is -2.08. The van der Waals surface area contributed by atoms with Crippen LogP contribution >= 0.6 is 0 Å². The molecule has 1 rings (SSSR count). The van der Waals surface area contributed by atoms with Gasteiger partial charge in [-0.05, 0) is 50.8 Å². The molecule has 0 aliphatic rings. The fraction of sp³-hybridized carbons (Fsp3) is 0.429. The SMILES string of the molecule is CN(C)CCCNS(=O)(=O)/C=C/c1ccc(NS(C)(=O)=O)cc1. The average Bonchev–Trinajstić information content (AvgIpc) is 2.41. The van der Waals surface area contributed by atoms with Crippen molar-refractivity contribution in [1.82, 2.24) is 9.62 Å². The number of nitrogens with one attached hydrogen (secondary N) is 2. The molecule has 0 spiro atoms. The Hall–Kier alpha value is -1.42. The van der Waals surface area contributed by atoms with E-state index in [1.54, 1.807) is 24.3 Å². The van der Waals surface area contributed by atoms with Crippen molar-refractivity contribution in [2.24, 2.45) is 0 Å². The predicted molar refractivity (Wildman–Crippen MR) is 94.0 cm³/mol. The Morgan fingerprint density at radius 3 is 2.22 bits per heavy atom. The molecule has 7 nitrogen and oxygen atoms in total. The molecular weight excluding hydrogens is 338 g/mol. The van der Waals surface area contributed by atoms with Crippen LogP contribution in [0.2, 0.25) is 0 Å². The van der Waals surface area contributed by atoms with Crippen LogP contribution < -0.4 is 9.44 Å². The number of hydrogen-bond donors (Lipinski definition) is 2. The molecule has 2 N–H and O–H groups in total. The number of anilines is 1. The van der Waals surface area contributed by atoms with E-state index in [2.05, 4.69) is 9.44 Å². The minimum atomic E-state index is -3.48. The van der Waals surface area contributed by atoms with Crippen LogP contribution in [-0.2, 0) is 20.0 Å². The highest BCUT2D eigenvalue weighted by Gasteiger charge is 2.04. The molecule has 0 aromatic heterocycles. The molecule has 0 aliphatic heterocycles. The van der Waals surface area contributed by atoms with Gasteiger partial charge in [0.05, 0.1) is 6.26 Å². The van der Waals surface area contributed by atoms with E-state index >= 15 is 0 Å². The van der Waals surface area contributed by atoms with E-state index in [4.69, 9.17) is 0 Å². The smallest absolute Gasteiger partial charge is 0.233 e. The predicted octanol–water partition coefficient (Wildman–Crippen LogP) is 0.900. The van der Waals surface area contributed by atoms with E-state index in [1.807, 2.05) is 19.0 Å². The Labute approximate surface area is 138 Å². The van der Waals surface area contributed by atoms with Crippen LogP contribution in [0.4, 0.5) is 5.69 Å². The second kappa shape index (κ2) is 8.44. The fourth-order valence-electron chi connectivity index (χ4n) is 1.70. The largest absolute Gasteiger partial charge is 0.309 e. The first-order valence-corrected chi connectivity index (χ1v) is 10.4. The zero-order valence-electron chi connectivity index (χ0n) is 13.5. The summed E-state index contributed by atoms with van der Waals surface area (Å²) in [5.41, 5.74) is 1.08. The minimum absolute atomic E-state index is 0.377. The van der Waals surface area contributed by atoms with Crippen molar-refractivity contribution in [1.29, 1.82) is 0 Å². The number of sulfonamides is 2. The second-order valence-electron chi connectivity index (χ2n) is 5.40. The number of nitrogens with zero attached hydrogens (tertiary/aromatic N) is 1.